The van der Waals surface area contributed by atoms with Crippen molar-refractivity contribution in [3.05, 3.63) is 23.8 Å². The summed E-state index contributed by atoms with van der Waals surface area (Å²) >= 11 is 0. The van der Waals surface area contributed by atoms with E-state index in [1.807, 2.05) is 32.0 Å². The van der Waals surface area contributed by atoms with Gasteiger partial charge in [-0.2, -0.15) is 0 Å². The predicted molar refractivity (Wildman–Crippen MR) is 90.0 cm³/mol. The minimum absolute atomic E-state index is 0.000313. The van der Waals surface area contributed by atoms with Gasteiger partial charge in [0.25, 0.3) is 0 Å². The number of rotatable bonds is 6. The Balaban J connectivity index is 1.91. The van der Waals surface area contributed by atoms with Gasteiger partial charge in [0.2, 0.25) is 11.8 Å². The third-order valence-corrected chi connectivity index (χ3v) is 4.23. The molecule has 0 aliphatic carbocycles. The number of anilines is 2. The second kappa shape index (κ2) is 6.51. The molecule has 4 heteroatoms. The lowest BCUT2D eigenvalue weighted by molar-refractivity contribution is -0.119. The Morgan fingerprint density at radius 2 is 2.00 bits per heavy atom. The van der Waals surface area contributed by atoms with Crippen LogP contribution in [0.15, 0.2) is 18.2 Å². The first-order valence-electron chi connectivity index (χ1n) is 8.06. The molecule has 1 aliphatic heterocycles. The van der Waals surface area contributed by atoms with Crippen LogP contribution in [-0.4, -0.2) is 11.8 Å². The molecule has 120 valence electrons. The van der Waals surface area contributed by atoms with Crippen molar-refractivity contribution < 1.29 is 9.59 Å². The molecular formula is C18H26N2O2. The van der Waals surface area contributed by atoms with Crippen molar-refractivity contribution in [2.45, 2.75) is 58.8 Å². The third kappa shape index (κ3) is 3.67. The number of carbonyl (C=O) groups excluding carboxylic acids is 2. The molecule has 0 bridgehead atoms. The Bertz CT molecular complexity index is 576. The van der Waals surface area contributed by atoms with E-state index < -0.39 is 5.41 Å². The summed E-state index contributed by atoms with van der Waals surface area (Å²) in [5.74, 6) is 0.721. The van der Waals surface area contributed by atoms with Crippen molar-refractivity contribution in [1.82, 2.24) is 0 Å². The summed E-state index contributed by atoms with van der Waals surface area (Å²) in [4.78, 5) is 23.9. The summed E-state index contributed by atoms with van der Waals surface area (Å²) < 4.78 is 0. The second-order valence-electron chi connectivity index (χ2n) is 7.03. The number of amides is 2. The van der Waals surface area contributed by atoms with Crippen molar-refractivity contribution in [3.8, 4) is 0 Å². The highest BCUT2D eigenvalue weighted by Gasteiger charge is 2.38. The molecule has 0 spiro atoms. The smallest absolute Gasteiger partial charge is 0.234 e. The summed E-state index contributed by atoms with van der Waals surface area (Å²) in [6, 6.07) is 5.63. The molecule has 22 heavy (non-hydrogen) atoms. The van der Waals surface area contributed by atoms with Gasteiger partial charge in [0.1, 0.15) is 0 Å². The van der Waals surface area contributed by atoms with Gasteiger partial charge >= 0.3 is 0 Å². The lowest BCUT2D eigenvalue weighted by Gasteiger charge is -2.15. The molecular weight excluding hydrogens is 276 g/mol. The van der Waals surface area contributed by atoms with E-state index in [4.69, 9.17) is 0 Å². The first-order chi connectivity index (χ1) is 10.3. The lowest BCUT2D eigenvalue weighted by Crippen LogP contribution is -2.26. The lowest BCUT2D eigenvalue weighted by atomic mass is 9.86. The maximum absolute atomic E-state index is 12.0. The summed E-state index contributed by atoms with van der Waals surface area (Å²) in [5.41, 5.74) is 2.01. The van der Waals surface area contributed by atoms with Gasteiger partial charge in [0, 0.05) is 17.8 Å². The molecule has 2 N–H and O–H groups in total. The average molecular weight is 302 g/mol. The van der Waals surface area contributed by atoms with Gasteiger partial charge in [-0.3, -0.25) is 9.59 Å². The van der Waals surface area contributed by atoms with Crippen molar-refractivity contribution in [1.29, 1.82) is 0 Å². The Kier molecular flexibility index (Phi) is 4.89. The highest BCUT2D eigenvalue weighted by atomic mass is 16.2. The van der Waals surface area contributed by atoms with Crippen LogP contribution in [0, 0.1) is 5.92 Å². The molecule has 4 nitrogen and oxygen atoms in total. The maximum Gasteiger partial charge on any atom is 0.234 e. The summed E-state index contributed by atoms with van der Waals surface area (Å²) in [5, 5.41) is 5.79. The SMILES string of the molecule is CC(C)CCCCC(=O)Nc1ccc2c(c1)NC(=O)C2(C)C. The van der Waals surface area contributed by atoms with Gasteiger partial charge in [0.05, 0.1) is 5.41 Å². The monoisotopic (exact) mass is 302 g/mol. The zero-order valence-electron chi connectivity index (χ0n) is 14.0. The highest BCUT2D eigenvalue weighted by molar-refractivity contribution is 6.06. The second-order valence-corrected chi connectivity index (χ2v) is 7.03. The Morgan fingerprint density at radius 3 is 2.68 bits per heavy atom. The van der Waals surface area contributed by atoms with Gasteiger partial charge in [-0.1, -0.05) is 32.8 Å². The molecule has 2 amide bonds. The fourth-order valence-corrected chi connectivity index (χ4v) is 2.73. The summed E-state index contributed by atoms with van der Waals surface area (Å²) in [7, 11) is 0. The first-order valence-corrected chi connectivity index (χ1v) is 8.06. The summed E-state index contributed by atoms with van der Waals surface area (Å²) in [6.07, 6.45) is 3.70. The van der Waals surface area contributed by atoms with E-state index in [0.29, 0.717) is 12.3 Å². The van der Waals surface area contributed by atoms with Crippen molar-refractivity contribution >= 4 is 23.2 Å². The van der Waals surface area contributed by atoms with Crippen LogP contribution in [0.25, 0.3) is 0 Å². The number of fused-ring (bicyclic) bond motifs is 1. The Labute approximate surface area is 132 Å². The highest BCUT2D eigenvalue weighted by Crippen LogP contribution is 2.38. The zero-order chi connectivity index (χ0) is 16.3. The number of carbonyl (C=O) groups is 2. The van der Waals surface area contributed by atoms with E-state index >= 15 is 0 Å². The molecule has 0 aromatic heterocycles. The molecule has 1 aliphatic rings. The van der Waals surface area contributed by atoms with E-state index in [2.05, 4.69) is 24.5 Å². The van der Waals surface area contributed by atoms with E-state index in [1.54, 1.807) is 0 Å². The molecule has 0 atom stereocenters. The zero-order valence-corrected chi connectivity index (χ0v) is 14.0. The van der Waals surface area contributed by atoms with E-state index in [1.165, 1.54) is 0 Å². The van der Waals surface area contributed by atoms with Gasteiger partial charge in [-0.15, -0.1) is 0 Å². The molecule has 0 saturated heterocycles. The minimum atomic E-state index is -0.505. The van der Waals surface area contributed by atoms with Crippen LogP contribution in [0.3, 0.4) is 0 Å². The number of unbranched alkanes of at least 4 members (excludes halogenated alkanes) is 1. The molecule has 0 fully saturated rings. The first kappa shape index (κ1) is 16.5. The Hall–Kier alpha value is -1.84. The predicted octanol–water partition coefficient (Wildman–Crippen LogP) is 4.07. The number of hydrogen-bond acceptors (Lipinski definition) is 2. The molecule has 0 radical (unpaired) electrons. The van der Waals surface area contributed by atoms with Crippen LogP contribution in [0.5, 0.6) is 0 Å². The number of hydrogen-bond donors (Lipinski definition) is 2. The normalized spacial score (nSPS) is 15.6. The molecule has 0 saturated carbocycles. The van der Waals surface area contributed by atoms with Crippen molar-refractivity contribution in [2.75, 3.05) is 10.6 Å². The number of nitrogens with one attached hydrogen (secondary N) is 2. The Morgan fingerprint density at radius 1 is 1.27 bits per heavy atom. The topological polar surface area (TPSA) is 58.2 Å². The minimum Gasteiger partial charge on any atom is -0.326 e. The van der Waals surface area contributed by atoms with E-state index in [-0.39, 0.29) is 11.8 Å². The largest absolute Gasteiger partial charge is 0.326 e. The maximum atomic E-state index is 12.0. The van der Waals surface area contributed by atoms with E-state index in [9.17, 15) is 9.59 Å². The van der Waals surface area contributed by atoms with E-state index in [0.717, 1.165) is 36.2 Å². The fraction of sp³-hybridized carbons (Fsp3) is 0.556. The van der Waals surface area contributed by atoms with Crippen LogP contribution >= 0.6 is 0 Å². The fourth-order valence-electron chi connectivity index (χ4n) is 2.73. The van der Waals surface area contributed by atoms with Gasteiger partial charge in [0.15, 0.2) is 0 Å². The molecule has 1 heterocycles. The van der Waals surface area contributed by atoms with Crippen LogP contribution < -0.4 is 10.6 Å². The molecule has 2 rings (SSSR count). The van der Waals surface area contributed by atoms with Crippen molar-refractivity contribution in [3.63, 3.8) is 0 Å². The van der Waals surface area contributed by atoms with Gasteiger partial charge < -0.3 is 10.6 Å². The van der Waals surface area contributed by atoms with Crippen LogP contribution in [-0.2, 0) is 15.0 Å². The third-order valence-electron chi connectivity index (χ3n) is 4.23. The summed E-state index contributed by atoms with van der Waals surface area (Å²) in [6.45, 7) is 8.20. The van der Waals surface area contributed by atoms with Crippen LogP contribution in [0.4, 0.5) is 11.4 Å². The van der Waals surface area contributed by atoms with Crippen molar-refractivity contribution in [2.24, 2.45) is 5.92 Å². The molecule has 1 aromatic rings. The standard InChI is InChI=1S/C18H26N2O2/c1-12(2)7-5-6-8-16(21)19-13-9-10-14-15(11-13)20-17(22)18(14,3)4/h9-12H,5-8H2,1-4H3,(H,19,21)(H,20,22). The van der Waals surface area contributed by atoms with Crippen LogP contribution in [0.1, 0.15) is 58.9 Å². The molecule has 0 unspecified atom stereocenters. The van der Waals surface area contributed by atoms with Crippen LogP contribution in [0.2, 0.25) is 0 Å². The van der Waals surface area contributed by atoms with Gasteiger partial charge in [-0.25, -0.2) is 0 Å². The van der Waals surface area contributed by atoms with Gasteiger partial charge in [-0.05, 0) is 43.9 Å². The quantitative estimate of drug-likeness (QED) is 0.778. The molecule has 1 aromatic carbocycles. The average Bonchev–Trinajstić information content (AvgIpc) is 2.65. The number of benzene rings is 1.